The van der Waals surface area contributed by atoms with Crippen LogP contribution in [0.1, 0.15) is 54.4 Å². The molecule has 3 aromatic carbocycles. The average Bonchev–Trinajstić information content (AvgIpc) is 2.78. The van der Waals surface area contributed by atoms with E-state index in [1.165, 1.54) is 0 Å². The number of nitrogens with one attached hydrogen (secondary N) is 1. The molecule has 0 aliphatic carbocycles. The van der Waals surface area contributed by atoms with Crippen LogP contribution in [-0.2, 0) is 4.79 Å². The van der Waals surface area contributed by atoms with E-state index < -0.39 is 0 Å². The SMILES string of the molecule is Cc1ccccc1NC(=O)CCCCCCC(=O)c1ccc(-c2ccccc2)cc1. The fourth-order valence-electron chi connectivity index (χ4n) is 3.47. The Kier molecular flexibility index (Phi) is 7.96. The second kappa shape index (κ2) is 11.1. The van der Waals surface area contributed by atoms with Gasteiger partial charge in [-0.2, -0.15) is 0 Å². The maximum absolute atomic E-state index is 12.4. The van der Waals surface area contributed by atoms with Crippen LogP contribution in [0.25, 0.3) is 11.1 Å². The number of unbranched alkanes of at least 4 members (excludes halogenated alkanes) is 3. The van der Waals surface area contributed by atoms with Gasteiger partial charge in [-0.25, -0.2) is 0 Å². The predicted molar refractivity (Wildman–Crippen MR) is 124 cm³/mol. The first-order valence-corrected chi connectivity index (χ1v) is 10.7. The molecule has 0 radical (unpaired) electrons. The van der Waals surface area contributed by atoms with Crippen LogP contribution < -0.4 is 5.32 Å². The van der Waals surface area contributed by atoms with E-state index in [-0.39, 0.29) is 11.7 Å². The van der Waals surface area contributed by atoms with Gasteiger partial charge in [-0.05, 0) is 42.5 Å². The molecule has 30 heavy (non-hydrogen) atoms. The van der Waals surface area contributed by atoms with Gasteiger partial charge in [0.05, 0.1) is 0 Å². The lowest BCUT2D eigenvalue weighted by Crippen LogP contribution is -2.11. The number of hydrogen-bond donors (Lipinski definition) is 1. The topological polar surface area (TPSA) is 46.2 Å². The molecule has 0 bridgehead atoms. The smallest absolute Gasteiger partial charge is 0.224 e. The summed E-state index contributed by atoms with van der Waals surface area (Å²) >= 11 is 0. The largest absolute Gasteiger partial charge is 0.326 e. The third-order valence-corrected chi connectivity index (χ3v) is 5.29. The van der Waals surface area contributed by atoms with E-state index in [0.29, 0.717) is 12.8 Å². The predicted octanol–water partition coefficient (Wildman–Crippen LogP) is 6.82. The minimum atomic E-state index is 0.0545. The molecule has 0 saturated carbocycles. The van der Waals surface area contributed by atoms with Crippen molar-refractivity contribution in [2.45, 2.75) is 45.4 Å². The van der Waals surface area contributed by atoms with Crippen LogP contribution >= 0.6 is 0 Å². The maximum atomic E-state index is 12.4. The summed E-state index contributed by atoms with van der Waals surface area (Å²) in [4.78, 5) is 24.5. The zero-order chi connectivity index (χ0) is 21.2. The van der Waals surface area contributed by atoms with Gasteiger partial charge in [0.1, 0.15) is 0 Å². The highest BCUT2D eigenvalue weighted by Gasteiger charge is 2.07. The number of para-hydroxylation sites is 1. The third-order valence-electron chi connectivity index (χ3n) is 5.29. The Morgan fingerprint density at radius 2 is 1.27 bits per heavy atom. The number of carbonyl (C=O) groups excluding carboxylic acids is 2. The second-order valence-electron chi connectivity index (χ2n) is 7.64. The lowest BCUT2D eigenvalue weighted by Gasteiger charge is -2.08. The Morgan fingerprint density at radius 1 is 0.667 bits per heavy atom. The van der Waals surface area contributed by atoms with Crippen molar-refractivity contribution in [1.29, 1.82) is 0 Å². The molecule has 0 atom stereocenters. The van der Waals surface area contributed by atoms with E-state index in [1.807, 2.05) is 73.7 Å². The zero-order valence-corrected chi connectivity index (χ0v) is 17.6. The fraction of sp³-hybridized carbons (Fsp3) is 0.259. The fourth-order valence-corrected chi connectivity index (χ4v) is 3.47. The molecule has 3 aromatic rings. The first kappa shape index (κ1) is 21.5. The van der Waals surface area contributed by atoms with Crippen molar-refractivity contribution in [2.75, 3.05) is 5.32 Å². The molecule has 0 aliphatic rings. The van der Waals surface area contributed by atoms with E-state index >= 15 is 0 Å². The summed E-state index contributed by atoms with van der Waals surface area (Å²) in [6.45, 7) is 1.99. The molecule has 154 valence electrons. The van der Waals surface area contributed by atoms with Crippen LogP contribution in [0.2, 0.25) is 0 Å². The van der Waals surface area contributed by atoms with Crippen LogP contribution in [0.4, 0.5) is 5.69 Å². The van der Waals surface area contributed by atoms with Gasteiger partial charge >= 0.3 is 0 Å². The van der Waals surface area contributed by atoms with Crippen LogP contribution in [0.5, 0.6) is 0 Å². The van der Waals surface area contributed by atoms with Crippen LogP contribution in [0.3, 0.4) is 0 Å². The van der Waals surface area contributed by atoms with Gasteiger partial charge in [-0.1, -0.05) is 85.6 Å². The summed E-state index contributed by atoms with van der Waals surface area (Å²) in [6, 6.07) is 25.8. The Labute approximate surface area is 179 Å². The molecular formula is C27H29NO2. The van der Waals surface area contributed by atoms with Crippen molar-refractivity contribution in [3.05, 3.63) is 90.0 Å². The lowest BCUT2D eigenvalue weighted by molar-refractivity contribution is -0.116. The first-order chi connectivity index (χ1) is 14.6. The zero-order valence-electron chi connectivity index (χ0n) is 17.6. The van der Waals surface area contributed by atoms with Crippen LogP contribution in [0.15, 0.2) is 78.9 Å². The maximum Gasteiger partial charge on any atom is 0.224 e. The molecule has 3 rings (SSSR count). The van der Waals surface area contributed by atoms with Crippen molar-refractivity contribution < 1.29 is 9.59 Å². The van der Waals surface area contributed by atoms with Gasteiger partial charge in [-0.3, -0.25) is 9.59 Å². The molecule has 0 aliphatic heterocycles. The van der Waals surface area contributed by atoms with Crippen molar-refractivity contribution in [3.8, 4) is 11.1 Å². The molecule has 0 spiro atoms. The standard InChI is InChI=1S/C27H29NO2/c1-21-11-9-10-14-25(21)28-27(30)16-8-3-2-7-15-26(29)24-19-17-23(18-20-24)22-12-5-4-6-13-22/h4-6,9-14,17-20H,2-3,7-8,15-16H2,1H3,(H,28,30). The molecule has 0 unspecified atom stereocenters. The number of ketones is 1. The number of amides is 1. The van der Waals surface area contributed by atoms with E-state index in [1.54, 1.807) is 0 Å². The lowest BCUT2D eigenvalue weighted by atomic mass is 10.00. The summed E-state index contributed by atoms with van der Waals surface area (Å²) in [5.41, 5.74) is 5.00. The molecule has 1 N–H and O–H groups in total. The van der Waals surface area contributed by atoms with E-state index in [9.17, 15) is 9.59 Å². The number of Topliss-reactive ketones (excluding diaryl/α,β-unsaturated/α-hetero) is 1. The Balaban J connectivity index is 1.33. The van der Waals surface area contributed by atoms with Gasteiger partial charge in [-0.15, -0.1) is 0 Å². The van der Waals surface area contributed by atoms with Crippen molar-refractivity contribution in [1.82, 2.24) is 0 Å². The molecule has 3 heteroatoms. The van der Waals surface area contributed by atoms with E-state index in [4.69, 9.17) is 0 Å². The number of benzene rings is 3. The van der Waals surface area contributed by atoms with E-state index in [2.05, 4.69) is 17.4 Å². The van der Waals surface area contributed by atoms with Crippen LogP contribution in [0, 0.1) is 6.92 Å². The third kappa shape index (κ3) is 6.41. The molecular weight excluding hydrogens is 370 g/mol. The van der Waals surface area contributed by atoms with Gasteiger partial charge in [0.2, 0.25) is 5.91 Å². The summed E-state index contributed by atoms with van der Waals surface area (Å²) in [5, 5.41) is 2.96. The molecule has 0 saturated heterocycles. The van der Waals surface area contributed by atoms with Crippen molar-refractivity contribution in [2.24, 2.45) is 0 Å². The molecule has 0 fully saturated rings. The van der Waals surface area contributed by atoms with Gasteiger partial charge in [0, 0.05) is 24.1 Å². The Hall–Kier alpha value is -3.20. The summed E-state index contributed by atoms with van der Waals surface area (Å²) < 4.78 is 0. The normalized spacial score (nSPS) is 10.6. The highest BCUT2D eigenvalue weighted by molar-refractivity contribution is 5.96. The monoisotopic (exact) mass is 399 g/mol. The van der Waals surface area contributed by atoms with E-state index in [0.717, 1.165) is 53.6 Å². The quantitative estimate of drug-likeness (QED) is 0.300. The summed E-state index contributed by atoms with van der Waals surface area (Å²) in [5.74, 6) is 0.241. The number of aryl methyl sites for hydroxylation is 1. The molecule has 0 heterocycles. The number of hydrogen-bond acceptors (Lipinski definition) is 2. The Morgan fingerprint density at radius 3 is 1.97 bits per heavy atom. The highest BCUT2D eigenvalue weighted by atomic mass is 16.1. The van der Waals surface area contributed by atoms with Gasteiger partial charge in [0.25, 0.3) is 0 Å². The molecule has 1 amide bonds. The number of carbonyl (C=O) groups is 2. The molecule has 0 aromatic heterocycles. The van der Waals surface area contributed by atoms with Crippen molar-refractivity contribution >= 4 is 17.4 Å². The first-order valence-electron chi connectivity index (χ1n) is 10.7. The van der Waals surface area contributed by atoms with Crippen LogP contribution in [-0.4, -0.2) is 11.7 Å². The van der Waals surface area contributed by atoms with Gasteiger partial charge < -0.3 is 5.32 Å². The average molecular weight is 400 g/mol. The Bertz CT molecular complexity index is 962. The number of anilines is 1. The second-order valence-corrected chi connectivity index (χ2v) is 7.64. The summed E-state index contributed by atoms with van der Waals surface area (Å²) in [7, 11) is 0. The van der Waals surface area contributed by atoms with Crippen molar-refractivity contribution in [3.63, 3.8) is 0 Å². The molecule has 3 nitrogen and oxygen atoms in total. The number of rotatable bonds is 10. The minimum absolute atomic E-state index is 0.0545. The highest BCUT2D eigenvalue weighted by Crippen LogP contribution is 2.20. The minimum Gasteiger partial charge on any atom is -0.326 e. The van der Waals surface area contributed by atoms with Gasteiger partial charge in [0.15, 0.2) is 5.78 Å². The summed E-state index contributed by atoms with van der Waals surface area (Å²) in [6.07, 6.45) is 4.70.